The van der Waals surface area contributed by atoms with Gasteiger partial charge in [-0.25, -0.2) is 9.50 Å². The molecule has 1 aliphatic rings. The van der Waals surface area contributed by atoms with Gasteiger partial charge in [-0.05, 0) is 30.3 Å². The number of piperazine rings is 1. The summed E-state index contributed by atoms with van der Waals surface area (Å²) in [5, 5.41) is 10.7. The summed E-state index contributed by atoms with van der Waals surface area (Å²) in [5.41, 5.74) is 6.12. The first-order valence-electron chi connectivity index (χ1n) is 9.96. The molecular weight excluding hydrogens is 360 g/mol. The topological polar surface area (TPSA) is 58.4 Å². The third-order valence-electron chi connectivity index (χ3n) is 5.67. The highest BCUT2D eigenvalue weighted by Crippen LogP contribution is 2.31. The largest absolute Gasteiger partial charge is 0.369 e. The van der Waals surface area contributed by atoms with Crippen LogP contribution < -0.4 is 10.2 Å². The maximum absolute atomic E-state index is 5.04. The maximum Gasteiger partial charge on any atom is 0.162 e. The number of benzene rings is 2. The average Bonchev–Trinajstić information content (AvgIpc) is 3.18. The van der Waals surface area contributed by atoms with Crippen LogP contribution >= 0.6 is 0 Å². The van der Waals surface area contributed by atoms with Crippen molar-refractivity contribution in [2.45, 2.75) is 0 Å². The van der Waals surface area contributed by atoms with Gasteiger partial charge in [0.1, 0.15) is 0 Å². The number of imidazole rings is 1. The van der Waals surface area contributed by atoms with Gasteiger partial charge in [-0.15, -0.1) is 0 Å². The third-order valence-corrected chi connectivity index (χ3v) is 5.67. The van der Waals surface area contributed by atoms with Crippen LogP contribution in [0.3, 0.4) is 0 Å². The zero-order valence-electron chi connectivity index (χ0n) is 15.9. The second-order valence-electron chi connectivity index (χ2n) is 7.39. The number of nitrogens with one attached hydrogen (secondary N) is 1. The van der Waals surface area contributed by atoms with Crippen LogP contribution in [0.2, 0.25) is 0 Å². The molecule has 0 unspecified atom stereocenters. The van der Waals surface area contributed by atoms with Gasteiger partial charge in [-0.3, -0.25) is 4.98 Å². The van der Waals surface area contributed by atoms with E-state index in [0.717, 1.165) is 64.9 Å². The molecule has 1 aliphatic heterocycles. The van der Waals surface area contributed by atoms with Gasteiger partial charge < -0.3 is 10.2 Å². The lowest BCUT2D eigenvalue weighted by Crippen LogP contribution is -2.43. The highest BCUT2D eigenvalue weighted by atomic mass is 15.3. The third kappa shape index (κ3) is 2.64. The van der Waals surface area contributed by atoms with E-state index < -0.39 is 0 Å². The number of hydrogen-bond donors (Lipinski definition) is 1. The predicted molar refractivity (Wildman–Crippen MR) is 116 cm³/mol. The van der Waals surface area contributed by atoms with Crippen LogP contribution in [-0.2, 0) is 0 Å². The van der Waals surface area contributed by atoms with Crippen LogP contribution in [0.15, 0.2) is 67.0 Å². The molecule has 0 amide bonds. The van der Waals surface area contributed by atoms with E-state index >= 15 is 0 Å². The fourth-order valence-corrected chi connectivity index (χ4v) is 4.21. The Morgan fingerprint density at radius 2 is 1.66 bits per heavy atom. The van der Waals surface area contributed by atoms with Gasteiger partial charge in [0.2, 0.25) is 0 Å². The molecule has 0 atom stereocenters. The smallest absolute Gasteiger partial charge is 0.162 e. The Labute approximate surface area is 167 Å². The Morgan fingerprint density at radius 1 is 0.862 bits per heavy atom. The Kier molecular flexibility index (Phi) is 3.70. The maximum atomic E-state index is 5.04. The van der Waals surface area contributed by atoms with Gasteiger partial charge in [-0.1, -0.05) is 24.3 Å². The van der Waals surface area contributed by atoms with E-state index in [4.69, 9.17) is 10.1 Å². The van der Waals surface area contributed by atoms with Gasteiger partial charge in [0.05, 0.1) is 16.7 Å². The molecular formula is C23H20N6. The molecule has 0 aliphatic carbocycles. The molecule has 4 heterocycles. The minimum atomic E-state index is 0.894. The molecule has 0 saturated carbocycles. The van der Waals surface area contributed by atoms with Gasteiger partial charge >= 0.3 is 0 Å². The summed E-state index contributed by atoms with van der Waals surface area (Å²) in [7, 11) is 0. The van der Waals surface area contributed by atoms with Crippen LogP contribution in [0.1, 0.15) is 0 Å². The molecule has 1 fully saturated rings. The molecule has 142 valence electrons. The number of nitrogens with zero attached hydrogens (tertiary/aromatic N) is 5. The number of fused-ring (bicyclic) bond motifs is 5. The Morgan fingerprint density at radius 3 is 2.48 bits per heavy atom. The van der Waals surface area contributed by atoms with Crippen molar-refractivity contribution >= 4 is 33.1 Å². The molecule has 5 aromatic rings. The minimum absolute atomic E-state index is 0.894. The number of pyridine rings is 1. The number of hydrogen-bond acceptors (Lipinski definition) is 5. The molecule has 1 saturated heterocycles. The Balaban J connectivity index is 1.65. The van der Waals surface area contributed by atoms with E-state index in [1.165, 1.54) is 5.69 Å². The molecule has 0 bridgehead atoms. The molecule has 2 aromatic carbocycles. The standard InChI is InChI=1S/C23H20N6/c1-2-4-19-18(3-1)22(16-7-9-24-10-8-16)27-29-21-15-17(28-13-11-25-12-14-28)5-6-20(21)26-23(19)29/h1-10,15,25H,11-14H2. The van der Waals surface area contributed by atoms with Crippen LogP contribution in [-0.4, -0.2) is 45.8 Å². The van der Waals surface area contributed by atoms with Crippen molar-refractivity contribution in [3.63, 3.8) is 0 Å². The van der Waals surface area contributed by atoms with E-state index in [2.05, 4.69) is 57.7 Å². The van der Waals surface area contributed by atoms with Gasteiger partial charge in [0.15, 0.2) is 5.65 Å². The molecule has 0 spiro atoms. The zero-order chi connectivity index (χ0) is 19.2. The van der Waals surface area contributed by atoms with Crippen LogP contribution in [0.25, 0.3) is 38.7 Å². The summed E-state index contributed by atoms with van der Waals surface area (Å²) >= 11 is 0. The second-order valence-corrected chi connectivity index (χ2v) is 7.39. The monoisotopic (exact) mass is 380 g/mol. The average molecular weight is 380 g/mol. The highest BCUT2D eigenvalue weighted by molar-refractivity contribution is 6.04. The number of rotatable bonds is 2. The summed E-state index contributed by atoms with van der Waals surface area (Å²) in [4.78, 5) is 11.5. The Hall–Kier alpha value is -3.51. The van der Waals surface area contributed by atoms with Gasteiger partial charge in [-0.2, -0.15) is 5.10 Å². The lowest BCUT2D eigenvalue weighted by Gasteiger charge is -2.29. The molecule has 6 rings (SSSR count). The fourth-order valence-electron chi connectivity index (χ4n) is 4.21. The van der Waals surface area contributed by atoms with Gasteiger partial charge in [0, 0.05) is 60.6 Å². The number of anilines is 1. The van der Waals surface area contributed by atoms with Gasteiger partial charge in [0.25, 0.3) is 0 Å². The normalized spacial score (nSPS) is 14.8. The van der Waals surface area contributed by atoms with Crippen LogP contribution in [0, 0.1) is 0 Å². The summed E-state index contributed by atoms with van der Waals surface area (Å²) < 4.78 is 2.00. The quantitative estimate of drug-likeness (QED) is 0.508. The fraction of sp³-hybridized carbons (Fsp3) is 0.174. The lowest BCUT2D eigenvalue weighted by molar-refractivity contribution is 0.589. The van der Waals surface area contributed by atoms with E-state index in [-0.39, 0.29) is 0 Å². The first-order valence-corrected chi connectivity index (χ1v) is 9.96. The molecule has 6 nitrogen and oxygen atoms in total. The van der Waals surface area contributed by atoms with Crippen molar-refractivity contribution in [3.8, 4) is 11.3 Å². The van der Waals surface area contributed by atoms with Crippen molar-refractivity contribution in [1.29, 1.82) is 0 Å². The Bertz CT molecular complexity index is 1340. The minimum Gasteiger partial charge on any atom is -0.369 e. The first kappa shape index (κ1) is 16.4. The summed E-state index contributed by atoms with van der Waals surface area (Å²) in [5.74, 6) is 0. The zero-order valence-corrected chi connectivity index (χ0v) is 15.9. The molecule has 3 aromatic heterocycles. The molecule has 29 heavy (non-hydrogen) atoms. The number of aromatic nitrogens is 4. The molecule has 6 heteroatoms. The van der Waals surface area contributed by atoms with E-state index in [9.17, 15) is 0 Å². The van der Waals surface area contributed by atoms with E-state index in [1.54, 1.807) is 0 Å². The highest BCUT2D eigenvalue weighted by Gasteiger charge is 2.16. The van der Waals surface area contributed by atoms with E-state index in [0.29, 0.717) is 0 Å². The van der Waals surface area contributed by atoms with Crippen molar-refractivity contribution in [2.24, 2.45) is 0 Å². The van der Waals surface area contributed by atoms with Crippen molar-refractivity contribution in [3.05, 3.63) is 67.0 Å². The van der Waals surface area contributed by atoms with Crippen LogP contribution in [0.5, 0.6) is 0 Å². The molecule has 1 N–H and O–H groups in total. The van der Waals surface area contributed by atoms with E-state index in [1.807, 2.05) is 29.0 Å². The molecule has 0 radical (unpaired) electrons. The predicted octanol–water partition coefficient (Wildman–Crippen LogP) is 3.51. The summed E-state index contributed by atoms with van der Waals surface area (Å²) in [6.45, 7) is 4.06. The second kappa shape index (κ2) is 6.53. The first-order chi connectivity index (χ1) is 14.4. The lowest BCUT2D eigenvalue weighted by atomic mass is 10.1. The van der Waals surface area contributed by atoms with Crippen molar-refractivity contribution in [2.75, 3.05) is 31.1 Å². The van der Waals surface area contributed by atoms with Crippen molar-refractivity contribution in [1.82, 2.24) is 24.9 Å². The summed E-state index contributed by atoms with van der Waals surface area (Å²) in [6.07, 6.45) is 3.62. The summed E-state index contributed by atoms with van der Waals surface area (Å²) in [6, 6.07) is 18.9. The van der Waals surface area contributed by atoms with Crippen LogP contribution in [0.4, 0.5) is 5.69 Å². The SMILES string of the molecule is c1ccc2c(c1)c(-c1ccncc1)nn1c3cc(N4CCNCC4)ccc3nc21. The van der Waals surface area contributed by atoms with Crippen molar-refractivity contribution < 1.29 is 0 Å².